The monoisotopic (exact) mass is 783 g/mol. The van der Waals surface area contributed by atoms with Crippen LogP contribution in [-0.4, -0.2) is 104 Å². The number of benzene rings is 4. The minimum absolute atomic E-state index is 0.0562. The van der Waals surface area contributed by atoms with Crippen LogP contribution >= 0.6 is 0 Å². The van der Waals surface area contributed by atoms with Gasteiger partial charge in [-0.25, -0.2) is 0 Å². The zero-order valence-corrected chi connectivity index (χ0v) is 32.5. The molecule has 2 heterocycles. The van der Waals surface area contributed by atoms with Crippen LogP contribution in [0.25, 0.3) is 6.08 Å². The molecule has 6 rings (SSSR count). The second kappa shape index (κ2) is 18.4. The van der Waals surface area contributed by atoms with Gasteiger partial charge >= 0.3 is 6.18 Å². The Morgan fingerprint density at radius 3 is 2.11 bits per heavy atom. The SMILES string of the molecule is CC(=O)N1CCN(c2ccc(CN(C(=O)C=Cc3ccc(C(F)(F)F)cc3)[C@@H](Cc3ccccc3)C(=O)N(C)CCN(C)Cc3ccc4c(c3)OCO4)cc2)CC1. The number of piperazine rings is 1. The lowest BCUT2D eigenvalue weighted by molar-refractivity contribution is -0.143. The van der Waals surface area contributed by atoms with Gasteiger partial charge in [0.05, 0.1) is 5.56 Å². The zero-order chi connectivity index (χ0) is 40.5. The Morgan fingerprint density at radius 1 is 0.772 bits per heavy atom. The fourth-order valence-corrected chi connectivity index (χ4v) is 6.96. The molecule has 0 bridgehead atoms. The van der Waals surface area contributed by atoms with E-state index in [4.69, 9.17) is 9.47 Å². The number of hydrogen-bond acceptors (Lipinski definition) is 7. The van der Waals surface area contributed by atoms with Crippen molar-refractivity contribution >= 4 is 29.5 Å². The number of hydrogen-bond donors (Lipinski definition) is 0. The first-order chi connectivity index (χ1) is 27.3. The summed E-state index contributed by atoms with van der Waals surface area (Å²) >= 11 is 0. The second-order valence-corrected chi connectivity index (χ2v) is 14.5. The predicted octanol–water partition coefficient (Wildman–Crippen LogP) is 6.35. The lowest BCUT2D eigenvalue weighted by atomic mass is 10.0. The number of amides is 3. The molecular formula is C44H48F3N5O5. The maximum atomic E-state index is 14.5. The second-order valence-electron chi connectivity index (χ2n) is 14.5. The molecule has 1 atom stereocenters. The fraction of sp³-hybridized carbons (Fsp3) is 0.341. The summed E-state index contributed by atoms with van der Waals surface area (Å²) in [7, 11) is 3.70. The summed E-state index contributed by atoms with van der Waals surface area (Å²) in [6.07, 6.45) is -1.45. The van der Waals surface area contributed by atoms with Crippen LogP contribution in [0.3, 0.4) is 0 Å². The molecule has 2 aliphatic rings. The van der Waals surface area contributed by atoms with E-state index in [0.717, 1.165) is 34.5 Å². The molecule has 2 aliphatic heterocycles. The van der Waals surface area contributed by atoms with E-state index < -0.39 is 23.7 Å². The van der Waals surface area contributed by atoms with Gasteiger partial charge in [0.1, 0.15) is 6.04 Å². The largest absolute Gasteiger partial charge is 0.454 e. The molecular weight excluding hydrogens is 736 g/mol. The van der Waals surface area contributed by atoms with Crippen LogP contribution in [0.1, 0.15) is 34.7 Å². The van der Waals surface area contributed by atoms with E-state index in [-0.39, 0.29) is 31.6 Å². The Labute approximate surface area is 331 Å². The molecule has 0 spiro atoms. The van der Waals surface area contributed by atoms with Crippen LogP contribution in [0.2, 0.25) is 0 Å². The van der Waals surface area contributed by atoms with E-state index in [0.29, 0.717) is 62.9 Å². The number of nitrogens with zero attached hydrogens (tertiary/aromatic N) is 5. The van der Waals surface area contributed by atoms with Gasteiger partial charge in [0.15, 0.2) is 11.5 Å². The van der Waals surface area contributed by atoms with Crippen LogP contribution in [-0.2, 0) is 40.1 Å². The van der Waals surface area contributed by atoms with Gasteiger partial charge in [-0.15, -0.1) is 0 Å². The van der Waals surface area contributed by atoms with Gasteiger partial charge in [0, 0.05) is 84.5 Å². The molecule has 0 radical (unpaired) electrons. The highest BCUT2D eigenvalue weighted by Gasteiger charge is 2.32. The summed E-state index contributed by atoms with van der Waals surface area (Å²) in [5.41, 5.74) is 3.33. The minimum Gasteiger partial charge on any atom is -0.454 e. The molecule has 4 aromatic rings. The van der Waals surface area contributed by atoms with Crippen LogP contribution in [0, 0.1) is 0 Å². The fourth-order valence-electron chi connectivity index (χ4n) is 6.96. The van der Waals surface area contributed by atoms with Crippen molar-refractivity contribution in [3.8, 4) is 11.5 Å². The van der Waals surface area contributed by atoms with Crippen molar-refractivity contribution in [3.05, 3.63) is 131 Å². The molecule has 1 saturated heterocycles. The molecule has 0 aromatic heterocycles. The van der Waals surface area contributed by atoms with Gasteiger partial charge in [-0.1, -0.05) is 60.7 Å². The first-order valence-corrected chi connectivity index (χ1v) is 19.0. The number of ether oxygens (including phenoxy) is 2. The third kappa shape index (κ3) is 10.9. The lowest BCUT2D eigenvalue weighted by Gasteiger charge is -2.36. The third-order valence-corrected chi connectivity index (χ3v) is 10.3. The highest BCUT2D eigenvalue weighted by atomic mass is 19.4. The molecule has 3 amide bonds. The van der Waals surface area contributed by atoms with Gasteiger partial charge in [-0.2, -0.15) is 13.2 Å². The number of carbonyl (C=O) groups is 3. The first kappa shape index (κ1) is 40.8. The summed E-state index contributed by atoms with van der Waals surface area (Å²) in [5.74, 6) is 0.773. The number of carbonyl (C=O) groups excluding carboxylic acids is 3. The maximum absolute atomic E-state index is 14.5. The van der Waals surface area contributed by atoms with Gasteiger partial charge in [0.25, 0.3) is 0 Å². The Kier molecular flexibility index (Phi) is 13.2. The van der Waals surface area contributed by atoms with E-state index in [1.807, 2.05) is 84.7 Å². The standard InChI is InChI=1S/C44H48F3N5O5/c1-32(53)50-23-25-51(26-24-50)38-17-11-35(12-18-38)30-52(42(54)20-14-33-9-15-37(16-10-33)44(45,46)47)39(27-34-7-5-4-6-8-34)43(55)49(3)22-21-48(2)29-36-13-19-40-41(28-36)57-31-56-40/h4-20,28,39H,21-27,29-31H2,1-3H3/t39-/m0/s1. The van der Waals surface area contributed by atoms with E-state index in [9.17, 15) is 27.6 Å². The smallest absolute Gasteiger partial charge is 0.416 e. The Hall–Kier alpha value is -5.82. The molecule has 57 heavy (non-hydrogen) atoms. The van der Waals surface area contributed by atoms with Crippen LogP contribution < -0.4 is 14.4 Å². The highest BCUT2D eigenvalue weighted by molar-refractivity contribution is 5.95. The Bertz CT molecular complexity index is 2020. The molecule has 0 saturated carbocycles. The highest BCUT2D eigenvalue weighted by Crippen LogP contribution is 2.33. The van der Waals surface area contributed by atoms with E-state index in [1.54, 1.807) is 23.8 Å². The summed E-state index contributed by atoms with van der Waals surface area (Å²) in [6.45, 7) is 6.11. The minimum atomic E-state index is -4.48. The molecule has 10 nitrogen and oxygen atoms in total. The van der Waals surface area contributed by atoms with Gasteiger partial charge in [-0.3, -0.25) is 14.4 Å². The van der Waals surface area contributed by atoms with E-state index in [2.05, 4.69) is 9.80 Å². The third-order valence-electron chi connectivity index (χ3n) is 10.3. The normalized spacial score (nSPS) is 14.6. The molecule has 300 valence electrons. The summed E-state index contributed by atoms with van der Waals surface area (Å²) in [4.78, 5) is 50.0. The molecule has 13 heteroatoms. The maximum Gasteiger partial charge on any atom is 0.416 e. The molecule has 0 N–H and O–H groups in total. The average Bonchev–Trinajstić information content (AvgIpc) is 3.69. The van der Waals surface area contributed by atoms with Crippen LogP contribution in [0.4, 0.5) is 18.9 Å². The number of anilines is 1. The molecule has 0 aliphatic carbocycles. The molecule has 0 unspecified atom stereocenters. The van der Waals surface area contributed by atoms with Crippen LogP contribution in [0.5, 0.6) is 11.5 Å². The van der Waals surface area contributed by atoms with E-state index in [1.165, 1.54) is 24.3 Å². The summed E-state index contributed by atoms with van der Waals surface area (Å²) < 4.78 is 50.6. The number of halogens is 3. The summed E-state index contributed by atoms with van der Waals surface area (Å²) in [5, 5.41) is 0. The first-order valence-electron chi connectivity index (χ1n) is 19.0. The zero-order valence-electron chi connectivity index (χ0n) is 32.5. The number of rotatable bonds is 14. The molecule has 1 fully saturated rings. The van der Waals surface area contributed by atoms with Crippen molar-refractivity contribution < 1.29 is 37.0 Å². The quantitative estimate of drug-likeness (QED) is 0.138. The van der Waals surface area contributed by atoms with Gasteiger partial charge < -0.3 is 34.0 Å². The van der Waals surface area contributed by atoms with Crippen molar-refractivity contribution in [1.82, 2.24) is 19.6 Å². The Morgan fingerprint density at radius 2 is 1.44 bits per heavy atom. The van der Waals surface area contributed by atoms with Crippen molar-refractivity contribution in [3.63, 3.8) is 0 Å². The number of alkyl halides is 3. The lowest BCUT2D eigenvalue weighted by Crippen LogP contribution is -2.51. The van der Waals surface area contributed by atoms with E-state index >= 15 is 0 Å². The van der Waals surface area contributed by atoms with Crippen molar-refractivity contribution in [2.45, 2.75) is 38.7 Å². The topological polar surface area (TPSA) is 85.9 Å². The number of likely N-dealkylation sites (N-methyl/N-ethyl adjacent to an activating group) is 2. The van der Waals surface area contributed by atoms with Crippen LogP contribution in [0.15, 0.2) is 103 Å². The molecule has 4 aromatic carbocycles. The van der Waals surface area contributed by atoms with Crippen molar-refractivity contribution in [1.29, 1.82) is 0 Å². The number of fused-ring (bicyclic) bond motifs is 1. The van der Waals surface area contributed by atoms with Crippen molar-refractivity contribution in [2.75, 3.05) is 65.1 Å². The predicted molar refractivity (Wildman–Crippen MR) is 212 cm³/mol. The summed E-state index contributed by atoms with van der Waals surface area (Å²) in [6, 6.07) is 26.8. The van der Waals surface area contributed by atoms with Gasteiger partial charge in [-0.05, 0) is 71.8 Å². The Balaban J connectivity index is 1.23. The van der Waals surface area contributed by atoms with Crippen molar-refractivity contribution in [2.24, 2.45) is 0 Å². The van der Waals surface area contributed by atoms with Gasteiger partial charge in [0.2, 0.25) is 24.5 Å². The average molecular weight is 784 g/mol.